The van der Waals surface area contributed by atoms with E-state index in [1.807, 2.05) is 6.92 Å². The summed E-state index contributed by atoms with van der Waals surface area (Å²) in [5, 5.41) is 0. The lowest BCUT2D eigenvalue weighted by Crippen LogP contribution is -1.97. The Morgan fingerprint density at radius 1 is 1.71 bits per heavy atom. The Bertz CT molecular complexity index is 64.6. The van der Waals surface area contributed by atoms with Crippen LogP contribution >= 0.6 is 0 Å². The Balaban J connectivity index is 3.17. The van der Waals surface area contributed by atoms with Gasteiger partial charge in [-0.05, 0) is 26.8 Å². The van der Waals surface area contributed by atoms with Crippen molar-refractivity contribution in [2.24, 2.45) is 5.73 Å². The second kappa shape index (κ2) is 3.88. The minimum atomic E-state index is 0.774. The first-order chi connectivity index (χ1) is 3.31. The summed E-state index contributed by atoms with van der Waals surface area (Å²) < 4.78 is 0. The molecule has 0 rings (SSSR count). The Kier molecular flexibility index (Phi) is 3.71. The molecular formula is C6H13N. The van der Waals surface area contributed by atoms with E-state index in [9.17, 15) is 0 Å². The molecule has 0 aromatic carbocycles. The van der Waals surface area contributed by atoms with Gasteiger partial charge in [0.25, 0.3) is 0 Å². The fourth-order valence-electron chi connectivity index (χ4n) is 0.372. The van der Waals surface area contributed by atoms with Crippen molar-refractivity contribution in [1.29, 1.82) is 0 Å². The molecule has 0 amide bonds. The normalized spacial score (nSPS) is 12.1. The fourth-order valence-corrected chi connectivity index (χ4v) is 0.372. The highest BCUT2D eigenvalue weighted by atomic mass is 14.5. The lowest BCUT2D eigenvalue weighted by atomic mass is 10.2. The second-order valence-electron chi connectivity index (χ2n) is 1.67. The Labute approximate surface area is 45.2 Å². The molecule has 0 aliphatic heterocycles. The smallest absolute Gasteiger partial charge is 0.00401 e. The quantitative estimate of drug-likeness (QED) is 0.519. The Morgan fingerprint density at radius 2 is 2.29 bits per heavy atom. The van der Waals surface area contributed by atoms with Crippen LogP contribution in [0.1, 0.15) is 20.3 Å². The Morgan fingerprint density at radius 3 is 2.43 bits per heavy atom. The molecule has 0 fully saturated rings. The molecule has 1 heteroatoms. The standard InChI is InChI=1S/C6H13N/c1-3-6(2)4-5-7/h3H,4-5,7H2,1-2H3/b6-3+. The lowest BCUT2D eigenvalue weighted by molar-refractivity contribution is 0.947. The molecule has 1 nitrogen and oxygen atoms in total. The zero-order chi connectivity index (χ0) is 5.70. The summed E-state index contributed by atoms with van der Waals surface area (Å²) in [5.74, 6) is 0. The third-order valence-electron chi connectivity index (χ3n) is 1.03. The van der Waals surface area contributed by atoms with Crippen molar-refractivity contribution < 1.29 is 0 Å². The van der Waals surface area contributed by atoms with Crippen LogP contribution in [0.2, 0.25) is 0 Å². The van der Waals surface area contributed by atoms with Crippen LogP contribution in [0.5, 0.6) is 0 Å². The van der Waals surface area contributed by atoms with Crippen LogP contribution in [0.4, 0.5) is 0 Å². The first-order valence-electron chi connectivity index (χ1n) is 2.63. The predicted octanol–water partition coefficient (Wildman–Crippen LogP) is 1.30. The molecule has 42 valence electrons. The van der Waals surface area contributed by atoms with E-state index in [0.29, 0.717) is 0 Å². The van der Waals surface area contributed by atoms with Gasteiger partial charge < -0.3 is 5.73 Å². The highest BCUT2D eigenvalue weighted by Crippen LogP contribution is 1.94. The summed E-state index contributed by atoms with van der Waals surface area (Å²) in [7, 11) is 0. The van der Waals surface area contributed by atoms with Gasteiger partial charge in [-0.25, -0.2) is 0 Å². The third kappa shape index (κ3) is 3.53. The SMILES string of the molecule is C/C=C(\C)CCN. The van der Waals surface area contributed by atoms with Gasteiger partial charge in [0.15, 0.2) is 0 Å². The van der Waals surface area contributed by atoms with Gasteiger partial charge in [-0.2, -0.15) is 0 Å². The lowest BCUT2D eigenvalue weighted by Gasteiger charge is -1.91. The van der Waals surface area contributed by atoms with E-state index in [4.69, 9.17) is 5.73 Å². The van der Waals surface area contributed by atoms with Crippen molar-refractivity contribution in [2.45, 2.75) is 20.3 Å². The maximum absolute atomic E-state index is 5.26. The molecule has 7 heavy (non-hydrogen) atoms. The number of rotatable bonds is 2. The van der Waals surface area contributed by atoms with E-state index >= 15 is 0 Å². The predicted molar refractivity (Wildman–Crippen MR) is 33.1 cm³/mol. The summed E-state index contributed by atoms with van der Waals surface area (Å²) in [6.07, 6.45) is 3.13. The zero-order valence-electron chi connectivity index (χ0n) is 5.07. The van der Waals surface area contributed by atoms with Gasteiger partial charge in [0.05, 0.1) is 0 Å². The van der Waals surface area contributed by atoms with E-state index in [1.165, 1.54) is 5.57 Å². The van der Waals surface area contributed by atoms with Crippen LogP contribution in [-0.2, 0) is 0 Å². The highest BCUT2D eigenvalue weighted by molar-refractivity contribution is 4.94. The Hall–Kier alpha value is -0.300. The van der Waals surface area contributed by atoms with E-state index in [-0.39, 0.29) is 0 Å². The van der Waals surface area contributed by atoms with Crippen LogP contribution in [0.15, 0.2) is 11.6 Å². The molecule has 0 unspecified atom stereocenters. The number of nitrogens with two attached hydrogens (primary N) is 1. The molecule has 0 radical (unpaired) electrons. The minimum absolute atomic E-state index is 0.774. The second-order valence-corrected chi connectivity index (χ2v) is 1.67. The van der Waals surface area contributed by atoms with Crippen molar-refractivity contribution in [3.05, 3.63) is 11.6 Å². The monoisotopic (exact) mass is 99.1 g/mol. The number of hydrogen-bond acceptors (Lipinski definition) is 1. The van der Waals surface area contributed by atoms with E-state index < -0.39 is 0 Å². The van der Waals surface area contributed by atoms with E-state index in [1.54, 1.807) is 0 Å². The van der Waals surface area contributed by atoms with Gasteiger partial charge in [0.1, 0.15) is 0 Å². The summed E-state index contributed by atoms with van der Waals surface area (Å²) in [4.78, 5) is 0. The average Bonchev–Trinajstić information content (AvgIpc) is 1.68. The number of allylic oxidation sites excluding steroid dienone is 1. The third-order valence-corrected chi connectivity index (χ3v) is 1.03. The van der Waals surface area contributed by atoms with Gasteiger partial charge in [0.2, 0.25) is 0 Å². The van der Waals surface area contributed by atoms with E-state index in [2.05, 4.69) is 13.0 Å². The van der Waals surface area contributed by atoms with Crippen molar-refractivity contribution in [1.82, 2.24) is 0 Å². The molecule has 0 heterocycles. The topological polar surface area (TPSA) is 26.0 Å². The van der Waals surface area contributed by atoms with Crippen molar-refractivity contribution in [3.8, 4) is 0 Å². The maximum atomic E-state index is 5.26. The minimum Gasteiger partial charge on any atom is -0.330 e. The molecule has 0 aromatic rings. The average molecular weight is 99.2 g/mol. The van der Waals surface area contributed by atoms with Crippen LogP contribution in [0.3, 0.4) is 0 Å². The molecule has 0 saturated heterocycles. The van der Waals surface area contributed by atoms with Gasteiger partial charge >= 0.3 is 0 Å². The number of hydrogen-bond donors (Lipinski definition) is 1. The summed E-state index contributed by atoms with van der Waals surface area (Å²) in [5.41, 5.74) is 6.64. The summed E-state index contributed by atoms with van der Waals surface area (Å²) in [6, 6.07) is 0. The first-order valence-corrected chi connectivity index (χ1v) is 2.63. The van der Waals surface area contributed by atoms with Crippen LogP contribution in [-0.4, -0.2) is 6.54 Å². The van der Waals surface area contributed by atoms with Gasteiger partial charge in [-0.1, -0.05) is 11.6 Å². The fraction of sp³-hybridized carbons (Fsp3) is 0.667. The van der Waals surface area contributed by atoms with Gasteiger partial charge in [0, 0.05) is 0 Å². The molecule has 2 N–H and O–H groups in total. The summed E-state index contributed by atoms with van der Waals surface area (Å²) in [6.45, 7) is 4.90. The molecule has 0 bridgehead atoms. The molecule has 0 spiro atoms. The van der Waals surface area contributed by atoms with Crippen molar-refractivity contribution in [3.63, 3.8) is 0 Å². The molecule has 0 aliphatic rings. The zero-order valence-corrected chi connectivity index (χ0v) is 5.07. The molecule has 0 aromatic heterocycles. The molecule has 0 saturated carbocycles. The molecular weight excluding hydrogens is 86.1 g/mol. The van der Waals surface area contributed by atoms with Crippen LogP contribution in [0, 0.1) is 0 Å². The largest absolute Gasteiger partial charge is 0.330 e. The first kappa shape index (κ1) is 6.70. The summed E-state index contributed by atoms with van der Waals surface area (Å²) >= 11 is 0. The van der Waals surface area contributed by atoms with Crippen molar-refractivity contribution in [2.75, 3.05) is 6.54 Å². The maximum Gasteiger partial charge on any atom is -0.00401 e. The van der Waals surface area contributed by atoms with Crippen molar-refractivity contribution >= 4 is 0 Å². The van der Waals surface area contributed by atoms with Crippen LogP contribution in [0.25, 0.3) is 0 Å². The highest BCUT2D eigenvalue weighted by Gasteiger charge is 1.79. The molecule has 0 atom stereocenters. The molecule has 0 aliphatic carbocycles. The van der Waals surface area contributed by atoms with E-state index in [0.717, 1.165) is 13.0 Å². The van der Waals surface area contributed by atoms with Gasteiger partial charge in [-0.3, -0.25) is 0 Å². The van der Waals surface area contributed by atoms with Crippen LogP contribution < -0.4 is 5.73 Å². The van der Waals surface area contributed by atoms with Gasteiger partial charge in [-0.15, -0.1) is 0 Å².